The minimum absolute atomic E-state index is 0.0281. The highest BCUT2D eigenvalue weighted by molar-refractivity contribution is 5.42. The highest BCUT2D eigenvalue weighted by atomic mass is 16.5. The molecule has 0 aromatic carbocycles. The predicted molar refractivity (Wildman–Crippen MR) is 110 cm³/mol. The van der Waals surface area contributed by atoms with Crippen molar-refractivity contribution in [1.82, 2.24) is 35.1 Å². The van der Waals surface area contributed by atoms with Crippen molar-refractivity contribution in [3.05, 3.63) is 17.6 Å². The second-order valence-corrected chi connectivity index (χ2v) is 9.11. The summed E-state index contributed by atoms with van der Waals surface area (Å²) in [7, 11) is 1.78. The largest absolute Gasteiger partial charge is 0.462 e. The van der Waals surface area contributed by atoms with Crippen LogP contribution in [0.2, 0.25) is 0 Å². The molecule has 0 N–H and O–H groups in total. The fraction of sp³-hybridized carbons (Fsp3) is 0.750. The van der Waals surface area contributed by atoms with E-state index in [2.05, 4.69) is 52.2 Å². The molecule has 9 heteroatoms. The summed E-state index contributed by atoms with van der Waals surface area (Å²) in [6, 6.07) is 2.70. The van der Waals surface area contributed by atoms with E-state index in [1.807, 2.05) is 0 Å². The van der Waals surface area contributed by atoms with Crippen molar-refractivity contribution in [3.8, 4) is 6.01 Å². The van der Waals surface area contributed by atoms with Gasteiger partial charge in [0.25, 0.3) is 0 Å². The van der Waals surface area contributed by atoms with E-state index < -0.39 is 0 Å². The molecule has 9 nitrogen and oxygen atoms in total. The Bertz CT molecular complexity index is 818. The van der Waals surface area contributed by atoms with Crippen molar-refractivity contribution in [3.63, 3.8) is 0 Å². The van der Waals surface area contributed by atoms with Crippen molar-refractivity contribution in [2.75, 3.05) is 44.2 Å². The Morgan fingerprint density at radius 2 is 1.86 bits per heavy atom. The lowest BCUT2D eigenvalue weighted by atomic mass is 9.95. The second kappa shape index (κ2) is 8.22. The summed E-state index contributed by atoms with van der Waals surface area (Å²) in [4.78, 5) is 14.7. The molecule has 1 aliphatic carbocycles. The van der Waals surface area contributed by atoms with Crippen LogP contribution in [0.3, 0.4) is 0 Å². The van der Waals surface area contributed by atoms with Crippen LogP contribution in [-0.4, -0.2) is 74.4 Å². The van der Waals surface area contributed by atoms with Crippen LogP contribution >= 0.6 is 0 Å². The molecule has 0 radical (unpaired) electrons. The normalized spacial score (nSPS) is 18.3. The van der Waals surface area contributed by atoms with Gasteiger partial charge in [-0.2, -0.15) is 4.68 Å². The highest BCUT2D eigenvalue weighted by Gasteiger charge is 2.29. The van der Waals surface area contributed by atoms with E-state index in [0.29, 0.717) is 18.5 Å². The molecule has 2 aromatic heterocycles. The van der Waals surface area contributed by atoms with Crippen molar-refractivity contribution in [1.29, 1.82) is 0 Å². The molecule has 1 saturated heterocycles. The Labute approximate surface area is 172 Å². The standard InChI is InChI=1S/C20H32N8O/c1-20(2,3)18-21-16(15-6-7-15)14-17(22-18)28-11-9-27(10-12-28)8-5-13-29-19-23-24-25-26(19)4/h14-15H,5-13H2,1-4H3. The maximum absolute atomic E-state index is 5.62. The number of ether oxygens (including phenoxy) is 1. The van der Waals surface area contributed by atoms with Gasteiger partial charge in [0.2, 0.25) is 0 Å². The molecule has 1 saturated carbocycles. The van der Waals surface area contributed by atoms with E-state index in [0.717, 1.165) is 50.8 Å². The molecule has 2 fully saturated rings. The molecule has 158 valence electrons. The average molecular weight is 401 g/mol. The van der Waals surface area contributed by atoms with Crippen molar-refractivity contribution >= 4 is 5.82 Å². The quantitative estimate of drug-likeness (QED) is 0.650. The van der Waals surface area contributed by atoms with E-state index in [-0.39, 0.29) is 5.41 Å². The third kappa shape index (κ3) is 5.01. The molecule has 0 spiro atoms. The zero-order valence-electron chi connectivity index (χ0n) is 18.0. The monoisotopic (exact) mass is 400 g/mol. The van der Waals surface area contributed by atoms with E-state index >= 15 is 0 Å². The number of tetrazole rings is 1. The molecular weight excluding hydrogens is 368 g/mol. The molecule has 0 atom stereocenters. The molecule has 2 aliphatic rings. The Morgan fingerprint density at radius 3 is 2.48 bits per heavy atom. The number of aromatic nitrogens is 6. The fourth-order valence-corrected chi connectivity index (χ4v) is 3.53. The predicted octanol–water partition coefficient (Wildman–Crippen LogP) is 1.77. The van der Waals surface area contributed by atoms with Gasteiger partial charge in [-0.15, -0.1) is 0 Å². The number of hydrogen-bond acceptors (Lipinski definition) is 8. The summed E-state index contributed by atoms with van der Waals surface area (Å²) in [6.07, 6.45) is 3.49. The van der Waals surface area contributed by atoms with Gasteiger partial charge < -0.3 is 9.64 Å². The van der Waals surface area contributed by atoms with Gasteiger partial charge in [-0.3, -0.25) is 4.90 Å². The third-order valence-electron chi connectivity index (χ3n) is 5.53. The summed E-state index contributed by atoms with van der Waals surface area (Å²) in [5, 5.41) is 11.2. The summed E-state index contributed by atoms with van der Waals surface area (Å²) in [5.41, 5.74) is 1.21. The molecule has 2 aromatic rings. The third-order valence-corrected chi connectivity index (χ3v) is 5.53. The molecule has 0 unspecified atom stereocenters. The number of nitrogens with zero attached hydrogens (tertiary/aromatic N) is 8. The Morgan fingerprint density at radius 1 is 1.10 bits per heavy atom. The van der Waals surface area contributed by atoms with Crippen LogP contribution in [0.15, 0.2) is 6.07 Å². The number of hydrogen-bond donors (Lipinski definition) is 0. The first-order valence-corrected chi connectivity index (χ1v) is 10.6. The van der Waals surface area contributed by atoms with E-state index in [9.17, 15) is 0 Å². The first-order valence-electron chi connectivity index (χ1n) is 10.6. The van der Waals surface area contributed by atoms with Crippen LogP contribution in [-0.2, 0) is 12.5 Å². The Balaban J connectivity index is 1.29. The van der Waals surface area contributed by atoms with Crippen molar-refractivity contribution in [2.45, 2.75) is 51.4 Å². The van der Waals surface area contributed by atoms with Gasteiger partial charge in [0.1, 0.15) is 11.6 Å². The Kier molecular flexibility index (Phi) is 5.67. The van der Waals surface area contributed by atoms with Crippen LogP contribution in [0.4, 0.5) is 5.82 Å². The zero-order chi connectivity index (χ0) is 20.4. The van der Waals surface area contributed by atoms with Gasteiger partial charge in [0.15, 0.2) is 0 Å². The zero-order valence-corrected chi connectivity index (χ0v) is 18.0. The van der Waals surface area contributed by atoms with Gasteiger partial charge in [-0.1, -0.05) is 25.9 Å². The minimum Gasteiger partial charge on any atom is -0.462 e. The number of rotatable bonds is 7. The van der Waals surface area contributed by atoms with Gasteiger partial charge in [-0.05, 0) is 29.7 Å². The van der Waals surface area contributed by atoms with Crippen molar-refractivity contribution in [2.24, 2.45) is 7.05 Å². The maximum Gasteiger partial charge on any atom is 0.335 e. The van der Waals surface area contributed by atoms with Crippen LogP contribution in [0.25, 0.3) is 0 Å². The van der Waals surface area contributed by atoms with Crippen LogP contribution in [0, 0.1) is 0 Å². The number of anilines is 1. The molecule has 0 amide bonds. The van der Waals surface area contributed by atoms with Crippen LogP contribution < -0.4 is 9.64 Å². The maximum atomic E-state index is 5.62. The molecule has 29 heavy (non-hydrogen) atoms. The number of piperazine rings is 1. The second-order valence-electron chi connectivity index (χ2n) is 9.11. The minimum atomic E-state index is -0.0281. The first kappa shape index (κ1) is 20.0. The SMILES string of the molecule is Cn1nnnc1OCCCN1CCN(c2cc(C3CC3)nc(C(C)(C)C)n2)CC1. The average Bonchev–Trinajstić information content (AvgIpc) is 3.47. The van der Waals surface area contributed by atoms with E-state index in [1.165, 1.54) is 18.5 Å². The lowest BCUT2D eigenvalue weighted by molar-refractivity contribution is 0.214. The lowest BCUT2D eigenvalue weighted by Crippen LogP contribution is -2.47. The first-order chi connectivity index (χ1) is 13.9. The topological polar surface area (TPSA) is 85.1 Å². The molecule has 1 aliphatic heterocycles. The van der Waals surface area contributed by atoms with E-state index in [1.54, 1.807) is 11.7 Å². The smallest absolute Gasteiger partial charge is 0.335 e. The number of aryl methyl sites for hydroxylation is 1. The van der Waals surface area contributed by atoms with Gasteiger partial charge >= 0.3 is 6.01 Å². The fourth-order valence-electron chi connectivity index (χ4n) is 3.53. The van der Waals surface area contributed by atoms with Crippen molar-refractivity contribution < 1.29 is 4.74 Å². The molecular formula is C20H32N8O. The molecule has 0 bridgehead atoms. The summed E-state index contributed by atoms with van der Waals surface area (Å²) >= 11 is 0. The molecule has 4 rings (SSSR count). The van der Waals surface area contributed by atoms with Gasteiger partial charge in [-0.25, -0.2) is 9.97 Å². The Hall–Kier alpha value is -2.29. The molecule has 3 heterocycles. The van der Waals surface area contributed by atoms with Gasteiger partial charge in [0, 0.05) is 62.9 Å². The highest BCUT2D eigenvalue weighted by Crippen LogP contribution is 2.40. The van der Waals surface area contributed by atoms with E-state index in [4.69, 9.17) is 14.7 Å². The van der Waals surface area contributed by atoms with Crippen LogP contribution in [0.5, 0.6) is 6.01 Å². The van der Waals surface area contributed by atoms with Gasteiger partial charge in [0.05, 0.1) is 6.61 Å². The lowest BCUT2D eigenvalue weighted by Gasteiger charge is -2.36. The summed E-state index contributed by atoms with van der Waals surface area (Å²) in [5.74, 6) is 2.71. The summed E-state index contributed by atoms with van der Waals surface area (Å²) in [6.45, 7) is 12.3. The summed E-state index contributed by atoms with van der Waals surface area (Å²) < 4.78 is 7.16. The van der Waals surface area contributed by atoms with Crippen LogP contribution in [0.1, 0.15) is 57.5 Å².